The van der Waals surface area contributed by atoms with Crippen molar-refractivity contribution in [2.24, 2.45) is 0 Å². The zero-order chi connectivity index (χ0) is 24.6. The van der Waals surface area contributed by atoms with Crippen molar-refractivity contribution in [3.63, 3.8) is 0 Å². The second kappa shape index (κ2) is 11.5. The van der Waals surface area contributed by atoms with Crippen LogP contribution < -0.4 is 20.1 Å². The van der Waals surface area contributed by atoms with Gasteiger partial charge in [0.05, 0.1) is 7.11 Å². The van der Waals surface area contributed by atoms with E-state index in [9.17, 15) is 9.59 Å². The number of hydrogen-bond donors (Lipinski definition) is 2. The Morgan fingerprint density at radius 2 is 1.74 bits per heavy atom. The molecule has 3 aromatic carbocycles. The molecular formula is C25H21ClN4O4S. The van der Waals surface area contributed by atoms with E-state index < -0.39 is 5.91 Å². The van der Waals surface area contributed by atoms with Crippen LogP contribution in [0.15, 0.2) is 72.8 Å². The van der Waals surface area contributed by atoms with Crippen LogP contribution in [0, 0.1) is 0 Å². The van der Waals surface area contributed by atoms with Gasteiger partial charge in [-0.05, 0) is 60.2 Å². The molecule has 2 amide bonds. The summed E-state index contributed by atoms with van der Waals surface area (Å²) in [5, 5.41) is 14.9. The molecule has 35 heavy (non-hydrogen) atoms. The molecule has 0 saturated heterocycles. The number of nitrogens with one attached hydrogen (secondary N) is 2. The van der Waals surface area contributed by atoms with Gasteiger partial charge in [0.15, 0.2) is 5.01 Å². The lowest BCUT2D eigenvalue weighted by Crippen LogP contribution is -2.23. The van der Waals surface area contributed by atoms with Gasteiger partial charge in [0.1, 0.15) is 18.1 Å². The monoisotopic (exact) mass is 508 g/mol. The molecule has 1 heterocycles. The van der Waals surface area contributed by atoms with Crippen LogP contribution in [-0.2, 0) is 13.2 Å². The molecule has 2 N–H and O–H groups in total. The van der Waals surface area contributed by atoms with Gasteiger partial charge in [-0.15, -0.1) is 10.2 Å². The molecule has 1 aromatic heterocycles. The third-order valence-corrected chi connectivity index (χ3v) is 5.95. The molecular weight excluding hydrogens is 488 g/mol. The third kappa shape index (κ3) is 6.78. The maximum atomic E-state index is 12.6. The number of benzene rings is 3. The number of halogens is 1. The molecule has 0 aliphatic rings. The van der Waals surface area contributed by atoms with Crippen LogP contribution >= 0.6 is 22.9 Å². The minimum absolute atomic E-state index is 0.176. The molecule has 0 unspecified atom stereocenters. The Bertz CT molecular complexity index is 1330. The Balaban J connectivity index is 1.32. The van der Waals surface area contributed by atoms with E-state index >= 15 is 0 Å². The smallest absolute Gasteiger partial charge is 0.286 e. The van der Waals surface area contributed by atoms with Gasteiger partial charge in [-0.25, -0.2) is 0 Å². The zero-order valence-electron chi connectivity index (χ0n) is 18.7. The second-order valence-electron chi connectivity index (χ2n) is 7.31. The molecule has 0 fully saturated rings. The standard InChI is InChI=1S/C25H21ClN4O4S/c1-33-21-7-2-4-16(12-21)14-27-23(31)17-5-3-6-19(13-17)28-24(32)25-30-29-22(35-25)15-34-20-10-8-18(26)9-11-20/h2-13H,14-15H2,1H3,(H,27,31)(H,28,32). The summed E-state index contributed by atoms with van der Waals surface area (Å²) in [6.07, 6.45) is 0. The van der Waals surface area contributed by atoms with E-state index in [2.05, 4.69) is 20.8 Å². The van der Waals surface area contributed by atoms with E-state index in [4.69, 9.17) is 21.1 Å². The number of ether oxygens (including phenoxy) is 2. The van der Waals surface area contributed by atoms with Crippen molar-refractivity contribution in [2.45, 2.75) is 13.2 Å². The fraction of sp³-hybridized carbons (Fsp3) is 0.120. The van der Waals surface area contributed by atoms with Crippen LogP contribution in [0.25, 0.3) is 0 Å². The molecule has 4 rings (SSSR count). The Morgan fingerprint density at radius 3 is 2.54 bits per heavy atom. The first-order valence-electron chi connectivity index (χ1n) is 10.5. The number of amides is 2. The number of nitrogens with zero attached hydrogens (tertiary/aromatic N) is 2. The summed E-state index contributed by atoms with van der Waals surface area (Å²) in [4.78, 5) is 25.2. The number of carbonyl (C=O) groups excluding carboxylic acids is 2. The lowest BCUT2D eigenvalue weighted by atomic mass is 10.1. The average Bonchev–Trinajstić information content (AvgIpc) is 3.36. The zero-order valence-corrected chi connectivity index (χ0v) is 20.2. The second-order valence-corrected chi connectivity index (χ2v) is 8.81. The molecule has 178 valence electrons. The largest absolute Gasteiger partial charge is 0.497 e. The summed E-state index contributed by atoms with van der Waals surface area (Å²) in [5.74, 6) is 0.672. The molecule has 0 bridgehead atoms. The van der Waals surface area contributed by atoms with Crippen molar-refractivity contribution in [3.8, 4) is 11.5 Å². The Morgan fingerprint density at radius 1 is 0.943 bits per heavy atom. The van der Waals surface area contributed by atoms with E-state index in [1.54, 1.807) is 55.6 Å². The van der Waals surface area contributed by atoms with Crippen LogP contribution in [0.5, 0.6) is 11.5 Å². The molecule has 0 atom stereocenters. The highest BCUT2D eigenvalue weighted by Crippen LogP contribution is 2.19. The lowest BCUT2D eigenvalue weighted by Gasteiger charge is -2.08. The average molecular weight is 509 g/mol. The third-order valence-electron chi connectivity index (χ3n) is 4.81. The van der Waals surface area contributed by atoms with Crippen LogP contribution in [0.2, 0.25) is 5.02 Å². The normalized spacial score (nSPS) is 10.5. The van der Waals surface area contributed by atoms with Gasteiger partial charge in [-0.3, -0.25) is 9.59 Å². The quantitative estimate of drug-likeness (QED) is 0.331. The lowest BCUT2D eigenvalue weighted by molar-refractivity contribution is 0.0949. The van der Waals surface area contributed by atoms with Gasteiger partial charge < -0.3 is 20.1 Å². The Labute approximate surface area is 210 Å². The summed E-state index contributed by atoms with van der Waals surface area (Å²) in [5.41, 5.74) is 1.80. The van der Waals surface area contributed by atoms with E-state index in [-0.39, 0.29) is 17.5 Å². The van der Waals surface area contributed by atoms with Gasteiger partial charge in [0, 0.05) is 22.8 Å². The van der Waals surface area contributed by atoms with Crippen LogP contribution in [0.4, 0.5) is 5.69 Å². The maximum Gasteiger partial charge on any atom is 0.286 e. The highest BCUT2D eigenvalue weighted by molar-refractivity contribution is 7.13. The van der Waals surface area contributed by atoms with Crippen molar-refractivity contribution < 1.29 is 19.1 Å². The van der Waals surface area contributed by atoms with Crippen molar-refractivity contribution in [1.29, 1.82) is 0 Å². The van der Waals surface area contributed by atoms with Crippen LogP contribution in [0.1, 0.15) is 30.7 Å². The van der Waals surface area contributed by atoms with E-state index in [0.717, 1.165) is 22.6 Å². The number of methoxy groups -OCH3 is 1. The van der Waals surface area contributed by atoms with Crippen molar-refractivity contribution in [3.05, 3.63) is 99.0 Å². The van der Waals surface area contributed by atoms with Gasteiger partial charge in [-0.1, -0.05) is 41.1 Å². The Kier molecular flexibility index (Phi) is 7.92. The van der Waals surface area contributed by atoms with E-state index in [1.165, 1.54) is 0 Å². The molecule has 0 radical (unpaired) electrons. The fourth-order valence-electron chi connectivity index (χ4n) is 3.07. The van der Waals surface area contributed by atoms with Gasteiger partial charge in [0.25, 0.3) is 11.8 Å². The SMILES string of the molecule is COc1cccc(CNC(=O)c2cccc(NC(=O)c3nnc(COc4ccc(Cl)cc4)s3)c2)c1. The molecule has 0 aliphatic carbocycles. The van der Waals surface area contributed by atoms with E-state index in [1.807, 2.05) is 24.3 Å². The molecule has 0 aliphatic heterocycles. The number of anilines is 1. The topological polar surface area (TPSA) is 102 Å². The molecule has 0 spiro atoms. The first-order valence-corrected chi connectivity index (χ1v) is 11.7. The Hall–Kier alpha value is -3.95. The number of hydrogen-bond acceptors (Lipinski definition) is 7. The van der Waals surface area contributed by atoms with Gasteiger partial charge in [0.2, 0.25) is 5.01 Å². The fourth-order valence-corrected chi connectivity index (χ4v) is 3.84. The van der Waals surface area contributed by atoms with Gasteiger partial charge in [-0.2, -0.15) is 0 Å². The molecule has 0 saturated carbocycles. The summed E-state index contributed by atoms with van der Waals surface area (Å²) in [7, 11) is 1.59. The number of carbonyl (C=O) groups is 2. The van der Waals surface area contributed by atoms with Crippen molar-refractivity contribution >= 4 is 40.4 Å². The highest BCUT2D eigenvalue weighted by atomic mass is 35.5. The molecule has 8 nitrogen and oxygen atoms in total. The number of aromatic nitrogens is 2. The maximum absolute atomic E-state index is 12.6. The predicted octanol–water partition coefficient (Wildman–Crippen LogP) is 4.96. The highest BCUT2D eigenvalue weighted by Gasteiger charge is 2.15. The summed E-state index contributed by atoms with van der Waals surface area (Å²) in [6, 6.07) is 21.1. The minimum Gasteiger partial charge on any atom is -0.497 e. The summed E-state index contributed by atoms with van der Waals surface area (Å²) >= 11 is 6.99. The van der Waals surface area contributed by atoms with Crippen LogP contribution in [-0.4, -0.2) is 29.1 Å². The number of rotatable bonds is 9. The predicted molar refractivity (Wildman–Crippen MR) is 134 cm³/mol. The minimum atomic E-state index is -0.422. The van der Waals surface area contributed by atoms with Gasteiger partial charge >= 0.3 is 0 Å². The van der Waals surface area contributed by atoms with E-state index in [0.29, 0.717) is 33.6 Å². The first-order chi connectivity index (χ1) is 17.0. The first kappa shape index (κ1) is 24.2. The van der Waals surface area contributed by atoms with Crippen molar-refractivity contribution in [2.75, 3.05) is 12.4 Å². The summed E-state index contributed by atoms with van der Waals surface area (Å²) in [6.45, 7) is 0.522. The molecule has 4 aromatic rings. The van der Waals surface area contributed by atoms with Crippen molar-refractivity contribution in [1.82, 2.24) is 15.5 Å². The summed E-state index contributed by atoms with van der Waals surface area (Å²) < 4.78 is 10.8. The molecule has 10 heteroatoms. The van der Waals surface area contributed by atoms with Crippen LogP contribution in [0.3, 0.4) is 0 Å².